The Balaban J connectivity index is 1.86. The number of hydrogen-bond acceptors (Lipinski definition) is 5. The van der Waals surface area contributed by atoms with Crippen LogP contribution in [0.25, 0.3) is 0 Å². The van der Waals surface area contributed by atoms with E-state index < -0.39 is 0 Å². The molecule has 21 heavy (non-hydrogen) atoms. The molecule has 1 aromatic heterocycles. The Hall–Kier alpha value is -1.41. The Bertz CT molecular complexity index is 557. The van der Waals surface area contributed by atoms with Crippen LogP contribution in [0, 0.1) is 0 Å². The molecule has 0 spiro atoms. The molecule has 0 atom stereocenters. The van der Waals surface area contributed by atoms with Crippen molar-refractivity contribution in [1.29, 1.82) is 0 Å². The van der Waals surface area contributed by atoms with Crippen molar-refractivity contribution < 1.29 is 9.53 Å². The van der Waals surface area contributed by atoms with E-state index in [2.05, 4.69) is 31.7 Å². The number of amides is 1. The van der Waals surface area contributed by atoms with Gasteiger partial charge in [-0.05, 0) is 28.8 Å². The molecular weight excluding hydrogens is 340 g/mol. The van der Waals surface area contributed by atoms with Crippen molar-refractivity contribution in [3.05, 3.63) is 21.0 Å². The lowest BCUT2D eigenvalue weighted by molar-refractivity contribution is -0.120. The first kappa shape index (κ1) is 16.0. The number of nitrogens with zero attached hydrogens (tertiary/aromatic N) is 2. The van der Waals surface area contributed by atoms with Gasteiger partial charge in [-0.15, -0.1) is 0 Å². The van der Waals surface area contributed by atoms with Gasteiger partial charge < -0.3 is 15.4 Å². The third kappa shape index (κ3) is 4.82. The van der Waals surface area contributed by atoms with Gasteiger partial charge in [-0.1, -0.05) is 0 Å². The van der Waals surface area contributed by atoms with Crippen molar-refractivity contribution in [3.63, 3.8) is 0 Å². The number of carbonyl (C=O) groups is 1. The average Bonchev–Trinajstić information content (AvgIpc) is 3.26. The second-order valence-electron chi connectivity index (χ2n) is 4.91. The fraction of sp³-hybridized carbons (Fsp3) is 0.615. The average molecular weight is 359 g/mol. The van der Waals surface area contributed by atoms with Crippen LogP contribution in [0.5, 0.6) is 0 Å². The SMILES string of the molecule is COCCn1ncc(NCCC(=O)NC2CC2)c(Br)c1=O. The summed E-state index contributed by atoms with van der Waals surface area (Å²) in [5, 5.41) is 10.0. The van der Waals surface area contributed by atoms with Crippen molar-refractivity contribution in [3.8, 4) is 0 Å². The van der Waals surface area contributed by atoms with Gasteiger partial charge in [0.05, 0.1) is 25.0 Å². The molecule has 2 rings (SSSR count). The van der Waals surface area contributed by atoms with Crippen LogP contribution in [0.2, 0.25) is 0 Å². The molecule has 1 amide bonds. The molecule has 2 N–H and O–H groups in total. The molecule has 1 saturated carbocycles. The molecule has 0 aliphatic heterocycles. The molecular formula is C13H19BrN4O3. The summed E-state index contributed by atoms with van der Waals surface area (Å²) in [4.78, 5) is 23.6. The summed E-state index contributed by atoms with van der Waals surface area (Å²) in [6.07, 6.45) is 4.10. The number of nitrogens with one attached hydrogen (secondary N) is 2. The standard InChI is InChI=1S/C13H19BrN4O3/c1-21-7-6-18-13(20)12(14)10(8-16-18)15-5-4-11(19)17-9-2-3-9/h8-9,15H,2-7H2,1H3,(H,17,19). The smallest absolute Gasteiger partial charge is 0.283 e. The van der Waals surface area contributed by atoms with E-state index in [-0.39, 0.29) is 11.5 Å². The molecule has 1 heterocycles. The molecule has 0 aromatic carbocycles. The molecule has 1 aliphatic carbocycles. The predicted molar refractivity (Wildman–Crippen MR) is 82.3 cm³/mol. The maximum absolute atomic E-state index is 12.0. The summed E-state index contributed by atoms with van der Waals surface area (Å²) in [5.41, 5.74) is 0.368. The summed E-state index contributed by atoms with van der Waals surface area (Å²) in [6, 6.07) is 0.371. The van der Waals surface area contributed by atoms with E-state index in [4.69, 9.17) is 4.74 Å². The molecule has 0 unspecified atom stereocenters. The van der Waals surface area contributed by atoms with Gasteiger partial charge in [0.1, 0.15) is 4.47 Å². The summed E-state index contributed by atoms with van der Waals surface area (Å²) in [5.74, 6) is 0.0301. The Morgan fingerprint density at radius 2 is 2.33 bits per heavy atom. The van der Waals surface area contributed by atoms with E-state index in [1.54, 1.807) is 13.3 Å². The van der Waals surface area contributed by atoms with E-state index in [9.17, 15) is 9.59 Å². The lowest BCUT2D eigenvalue weighted by Crippen LogP contribution is -2.28. The fourth-order valence-corrected chi connectivity index (χ4v) is 2.21. The van der Waals surface area contributed by atoms with Gasteiger partial charge in [-0.2, -0.15) is 5.10 Å². The van der Waals surface area contributed by atoms with Crippen LogP contribution < -0.4 is 16.2 Å². The normalized spacial score (nSPS) is 14.0. The Morgan fingerprint density at radius 1 is 1.57 bits per heavy atom. The molecule has 8 heteroatoms. The number of rotatable bonds is 8. The van der Waals surface area contributed by atoms with Crippen LogP contribution in [-0.2, 0) is 16.1 Å². The van der Waals surface area contributed by atoms with E-state index >= 15 is 0 Å². The van der Waals surface area contributed by atoms with Crippen LogP contribution >= 0.6 is 15.9 Å². The third-order valence-electron chi connectivity index (χ3n) is 3.10. The van der Waals surface area contributed by atoms with E-state index in [1.807, 2.05) is 0 Å². The van der Waals surface area contributed by atoms with Gasteiger partial charge in [0.15, 0.2) is 0 Å². The second-order valence-corrected chi connectivity index (χ2v) is 5.70. The van der Waals surface area contributed by atoms with Crippen LogP contribution in [0.3, 0.4) is 0 Å². The fourth-order valence-electron chi connectivity index (χ4n) is 1.76. The summed E-state index contributed by atoms with van der Waals surface area (Å²) in [6.45, 7) is 1.28. The van der Waals surface area contributed by atoms with Gasteiger partial charge in [-0.25, -0.2) is 4.68 Å². The molecule has 1 fully saturated rings. The zero-order valence-electron chi connectivity index (χ0n) is 11.9. The van der Waals surface area contributed by atoms with Crippen molar-refractivity contribution >= 4 is 27.5 Å². The maximum Gasteiger partial charge on any atom is 0.283 e. The van der Waals surface area contributed by atoms with Crippen LogP contribution in [0.4, 0.5) is 5.69 Å². The maximum atomic E-state index is 12.0. The van der Waals surface area contributed by atoms with Gasteiger partial charge in [0, 0.05) is 26.1 Å². The predicted octanol–water partition coefficient (Wildman–Crippen LogP) is 0.733. The molecule has 7 nitrogen and oxygen atoms in total. The summed E-state index contributed by atoms with van der Waals surface area (Å²) in [7, 11) is 1.57. The number of anilines is 1. The van der Waals surface area contributed by atoms with Crippen LogP contribution in [0.1, 0.15) is 19.3 Å². The summed E-state index contributed by atoms with van der Waals surface area (Å²) >= 11 is 3.26. The van der Waals surface area contributed by atoms with E-state index in [0.717, 1.165) is 12.8 Å². The number of halogens is 1. The van der Waals surface area contributed by atoms with Crippen molar-refractivity contribution in [1.82, 2.24) is 15.1 Å². The highest BCUT2D eigenvalue weighted by Crippen LogP contribution is 2.19. The van der Waals surface area contributed by atoms with Crippen molar-refractivity contribution in [2.75, 3.05) is 25.6 Å². The number of aromatic nitrogens is 2. The highest BCUT2D eigenvalue weighted by Gasteiger charge is 2.22. The molecule has 0 saturated heterocycles. The molecule has 1 aliphatic rings. The number of carbonyl (C=O) groups excluding carboxylic acids is 1. The number of ether oxygens (including phenoxy) is 1. The highest BCUT2D eigenvalue weighted by molar-refractivity contribution is 9.10. The largest absolute Gasteiger partial charge is 0.383 e. The Labute approximate surface area is 131 Å². The van der Waals surface area contributed by atoms with E-state index in [0.29, 0.717) is 42.3 Å². The Kier molecular flexibility index (Phi) is 5.75. The zero-order chi connectivity index (χ0) is 15.2. The lowest BCUT2D eigenvalue weighted by Gasteiger charge is -2.10. The van der Waals surface area contributed by atoms with E-state index in [1.165, 1.54) is 4.68 Å². The first-order chi connectivity index (χ1) is 10.1. The third-order valence-corrected chi connectivity index (χ3v) is 3.87. The second kappa shape index (κ2) is 7.56. The lowest BCUT2D eigenvalue weighted by atomic mass is 10.3. The molecule has 1 aromatic rings. The summed E-state index contributed by atoms with van der Waals surface area (Å²) < 4.78 is 6.67. The minimum atomic E-state index is -0.223. The van der Waals surface area contributed by atoms with Gasteiger partial charge in [0.2, 0.25) is 5.91 Å². The van der Waals surface area contributed by atoms with Gasteiger partial charge in [0.25, 0.3) is 5.56 Å². The minimum absolute atomic E-state index is 0.0301. The number of methoxy groups -OCH3 is 1. The number of hydrogen-bond donors (Lipinski definition) is 2. The van der Waals surface area contributed by atoms with Crippen molar-refractivity contribution in [2.45, 2.75) is 31.8 Å². The molecule has 0 bridgehead atoms. The van der Waals surface area contributed by atoms with Gasteiger partial charge in [-0.3, -0.25) is 9.59 Å². The quantitative estimate of drug-likeness (QED) is 0.715. The Morgan fingerprint density at radius 3 is 3.00 bits per heavy atom. The first-order valence-electron chi connectivity index (χ1n) is 6.89. The monoisotopic (exact) mass is 358 g/mol. The highest BCUT2D eigenvalue weighted by atomic mass is 79.9. The molecule has 0 radical (unpaired) electrons. The van der Waals surface area contributed by atoms with Crippen LogP contribution in [0.15, 0.2) is 15.5 Å². The van der Waals surface area contributed by atoms with Gasteiger partial charge >= 0.3 is 0 Å². The van der Waals surface area contributed by atoms with Crippen LogP contribution in [-0.4, -0.2) is 42.0 Å². The minimum Gasteiger partial charge on any atom is -0.383 e. The first-order valence-corrected chi connectivity index (χ1v) is 7.69. The topological polar surface area (TPSA) is 85.2 Å². The zero-order valence-corrected chi connectivity index (χ0v) is 13.5. The molecule has 116 valence electrons. The van der Waals surface area contributed by atoms with Crippen molar-refractivity contribution in [2.24, 2.45) is 0 Å².